The predicted octanol–water partition coefficient (Wildman–Crippen LogP) is 7.90. The smallest absolute Gasteiger partial charge is 0.267 e. The molecule has 1 saturated carbocycles. The molecule has 0 atom stereocenters. The third kappa shape index (κ3) is 5.77. The summed E-state index contributed by atoms with van der Waals surface area (Å²) in [7, 11) is 0. The molecule has 184 valence electrons. The second kappa shape index (κ2) is 11.5. The summed E-state index contributed by atoms with van der Waals surface area (Å²) in [4.78, 5) is 24.9. The van der Waals surface area contributed by atoms with Crippen LogP contribution in [0.4, 0.5) is 5.69 Å². The molecule has 1 aliphatic heterocycles. The molecule has 3 aromatic rings. The number of amidine groups is 1. The van der Waals surface area contributed by atoms with E-state index in [1.54, 1.807) is 18.5 Å². The number of amides is 1. The molecule has 0 spiro atoms. The third-order valence-corrected chi connectivity index (χ3v) is 7.92. The lowest BCUT2D eigenvalue weighted by molar-refractivity contribution is -0.124. The van der Waals surface area contributed by atoms with Crippen LogP contribution in [0.25, 0.3) is 6.08 Å². The zero-order valence-corrected chi connectivity index (χ0v) is 21.9. The van der Waals surface area contributed by atoms with Crippen LogP contribution in [0.15, 0.2) is 76.9 Å². The number of rotatable bonds is 6. The fourth-order valence-corrected chi connectivity index (χ4v) is 5.78. The van der Waals surface area contributed by atoms with Gasteiger partial charge in [0.05, 0.1) is 15.6 Å². The van der Waals surface area contributed by atoms with E-state index in [1.165, 1.54) is 18.2 Å². The Morgan fingerprint density at radius 1 is 1.03 bits per heavy atom. The van der Waals surface area contributed by atoms with Crippen molar-refractivity contribution in [3.63, 3.8) is 0 Å². The van der Waals surface area contributed by atoms with E-state index < -0.39 is 0 Å². The van der Waals surface area contributed by atoms with Gasteiger partial charge in [-0.05, 0) is 60.5 Å². The minimum atomic E-state index is -0.00475. The highest BCUT2D eigenvalue weighted by atomic mass is 35.5. The van der Waals surface area contributed by atoms with Crippen molar-refractivity contribution in [2.24, 2.45) is 4.99 Å². The number of pyridine rings is 1. The zero-order valence-electron chi connectivity index (χ0n) is 19.6. The Morgan fingerprint density at radius 2 is 1.81 bits per heavy atom. The molecule has 2 fully saturated rings. The number of aromatic nitrogens is 1. The number of ether oxygens (including phenoxy) is 1. The average molecular weight is 539 g/mol. The number of carbonyl (C=O) groups excluding carboxylic acids is 1. The monoisotopic (exact) mass is 537 g/mol. The van der Waals surface area contributed by atoms with Gasteiger partial charge in [-0.25, -0.2) is 4.99 Å². The van der Waals surface area contributed by atoms with Crippen LogP contribution in [-0.2, 0) is 11.4 Å². The Morgan fingerprint density at radius 3 is 2.56 bits per heavy atom. The van der Waals surface area contributed by atoms with Gasteiger partial charge in [-0.2, -0.15) is 0 Å². The molecule has 1 aliphatic carbocycles. The van der Waals surface area contributed by atoms with Crippen molar-refractivity contribution in [1.82, 2.24) is 9.88 Å². The van der Waals surface area contributed by atoms with Crippen LogP contribution in [0.5, 0.6) is 5.75 Å². The normalized spacial score (nSPS) is 18.8. The van der Waals surface area contributed by atoms with Gasteiger partial charge in [-0.15, -0.1) is 0 Å². The van der Waals surface area contributed by atoms with E-state index in [4.69, 9.17) is 32.9 Å². The number of aliphatic imine (C=N–C) groups is 1. The van der Waals surface area contributed by atoms with Gasteiger partial charge in [0.15, 0.2) is 5.17 Å². The maximum atomic E-state index is 13.5. The largest absolute Gasteiger partial charge is 0.489 e. The van der Waals surface area contributed by atoms with Crippen molar-refractivity contribution in [3.05, 3.63) is 93.1 Å². The molecule has 2 aliphatic rings. The Hall–Kier alpha value is -2.80. The van der Waals surface area contributed by atoms with Gasteiger partial charge >= 0.3 is 0 Å². The maximum absolute atomic E-state index is 13.5. The molecule has 1 saturated heterocycles. The molecule has 0 radical (unpaired) electrons. The molecule has 0 bridgehead atoms. The van der Waals surface area contributed by atoms with Crippen molar-refractivity contribution >= 4 is 57.8 Å². The van der Waals surface area contributed by atoms with E-state index in [-0.39, 0.29) is 11.9 Å². The molecule has 5 nitrogen and oxygen atoms in total. The van der Waals surface area contributed by atoms with Crippen LogP contribution in [0, 0.1) is 0 Å². The summed E-state index contributed by atoms with van der Waals surface area (Å²) in [6.07, 6.45) is 10.6. The van der Waals surface area contributed by atoms with Gasteiger partial charge in [0.25, 0.3) is 5.91 Å². The van der Waals surface area contributed by atoms with Crippen molar-refractivity contribution in [3.8, 4) is 5.75 Å². The van der Waals surface area contributed by atoms with Crippen LogP contribution in [0.3, 0.4) is 0 Å². The van der Waals surface area contributed by atoms with Gasteiger partial charge < -0.3 is 4.74 Å². The molecule has 0 unspecified atom stereocenters. The Balaban J connectivity index is 1.36. The van der Waals surface area contributed by atoms with Gasteiger partial charge in [-0.3, -0.25) is 14.7 Å². The lowest BCUT2D eigenvalue weighted by Gasteiger charge is -2.30. The molecule has 2 heterocycles. The fraction of sp³-hybridized carbons (Fsp3) is 0.250. The highest BCUT2D eigenvalue weighted by Gasteiger charge is 2.38. The van der Waals surface area contributed by atoms with Crippen LogP contribution in [-0.4, -0.2) is 27.0 Å². The molecule has 5 rings (SSSR count). The first-order valence-corrected chi connectivity index (χ1v) is 13.5. The fourth-order valence-electron chi connectivity index (χ4n) is 4.38. The van der Waals surface area contributed by atoms with E-state index in [0.29, 0.717) is 32.4 Å². The Kier molecular flexibility index (Phi) is 7.95. The second-order valence-corrected chi connectivity index (χ2v) is 10.6. The van der Waals surface area contributed by atoms with Crippen molar-refractivity contribution in [2.45, 2.75) is 44.8 Å². The summed E-state index contributed by atoms with van der Waals surface area (Å²) in [6.45, 7) is 0.391. The lowest BCUT2D eigenvalue weighted by Crippen LogP contribution is -2.40. The quantitative estimate of drug-likeness (QED) is 0.300. The van der Waals surface area contributed by atoms with E-state index in [9.17, 15) is 4.79 Å². The molecular formula is C28H25Cl2N3O2S. The number of halogens is 2. The highest BCUT2D eigenvalue weighted by Crippen LogP contribution is 2.39. The molecule has 2 aromatic carbocycles. The number of benzene rings is 2. The summed E-state index contributed by atoms with van der Waals surface area (Å²) in [5.41, 5.74) is 2.47. The standard InChI is InChI=1S/C28H25Cl2N3O2S/c29-23-9-5-4-6-20(23)18-35-22-12-10-19(11-13-22)16-26-27(34)33(21-7-2-1-3-8-21)28(36-26)32-25-14-15-31-17-24(25)30/h4-6,9-17,21H,1-3,7-8,18H2/b26-16-,32-28?. The lowest BCUT2D eigenvalue weighted by atomic mass is 9.94. The molecule has 36 heavy (non-hydrogen) atoms. The van der Waals surface area contributed by atoms with E-state index in [2.05, 4.69) is 4.98 Å². The maximum Gasteiger partial charge on any atom is 0.267 e. The summed E-state index contributed by atoms with van der Waals surface area (Å²) in [6, 6.07) is 17.2. The van der Waals surface area contributed by atoms with Crippen molar-refractivity contribution in [1.29, 1.82) is 0 Å². The number of hydrogen-bond donors (Lipinski definition) is 0. The molecule has 1 amide bonds. The number of carbonyl (C=O) groups is 1. The number of nitrogens with zero attached hydrogens (tertiary/aromatic N) is 3. The van der Waals surface area contributed by atoms with Crippen molar-refractivity contribution < 1.29 is 9.53 Å². The zero-order chi connectivity index (χ0) is 24.9. The summed E-state index contributed by atoms with van der Waals surface area (Å²) in [5.74, 6) is 0.732. The van der Waals surface area contributed by atoms with Crippen molar-refractivity contribution in [2.75, 3.05) is 0 Å². The topological polar surface area (TPSA) is 54.8 Å². The van der Waals surface area contributed by atoms with E-state index >= 15 is 0 Å². The van der Waals surface area contributed by atoms with Gasteiger partial charge in [0.1, 0.15) is 12.4 Å². The number of hydrogen-bond acceptors (Lipinski definition) is 5. The minimum absolute atomic E-state index is 0.00475. The average Bonchev–Trinajstić information content (AvgIpc) is 3.20. The van der Waals surface area contributed by atoms with Gasteiger partial charge in [0.2, 0.25) is 0 Å². The molecule has 1 aromatic heterocycles. The first kappa shape index (κ1) is 24.9. The predicted molar refractivity (Wildman–Crippen MR) is 148 cm³/mol. The summed E-state index contributed by atoms with van der Waals surface area (Å²) >= 11 is 13.9. The van der Waals surface area contributed by atoms with Gasteiger partial charge in [-0.1, -0.05) is 72.8 Å². The highest BCUT2D eigenvalue weighted by molar-refractivity contribution is 8.18. The second-order valence-electron chi connectivity index (χ2n) is 8.75. The Labute approximate surface area is 225 Å². The first-order valence-electron chi connectivity index (χ1n) is 12.0. The van der Waals surface area contributed by atoms with E-state index in [0.717, 1.165) is 42.6 Å². The SMILES string of the molecule is O=C1/C(=C/c2ccc(OCc3ccccc3Cl)cc2)SC(=Nc2ccncc2Cl)N1C1CCCCC1. The molecule has 0 N–H and O–H groups in total. The van der Waals surface area contributed by atoms with Crippen LogP contribution in [0.2, 0.25) is 10.0 Å². The molecule has 8 heteroatoms. The number of thioether (sulfide) groups is 1. The van der Waals surface area contributed by atoms with Crippen LogP contribution < -0.4 is 4.74 Å². The third-order valence-electron chi connectivity index (χ3n) is 6.27. The summed E-state index contributed by atoms with van der Waals surface area (Å²) in [5, 5.41) is 1.82. The summed E-state index contributed by atoms with van der Waals surface area (Å²) < 4.78 is 5.89. The van der Waals surface area contributed by atoms with Crippen LogP contribution >= 0.6 is 35.0 Å². The Bertz CT molecular complexity index is 1300. The van der Waals surface area contributed by atoms with E-state index in [1.807, 2.05) is 59.5 Å². The van der Waals surface area contributed by atoms with Gasteiger partial charge in [0, 0.05) is 29.0 Å². The minimum Gasteiger partial charge on any atom is -0.489 e. The molecular weight excluding hydrogens is 513 g/mol. The first-order chi connectivity index (χ1) is 17.6. The van der Waals surface area contributed by atoms with Crippen LogP contribution in [0.1, 0.15) is 43.2 Å².